The highest BCUT2D eigenvalue weighted by atomic mass is 16.7. The van der Waals surface area contributed by atoms with Gasteiger partial charge in [-0.25, -0.2) is 0 Å². The van der Waals surface area contributed by atoms with Gasteiger partial charge in [-0.15, -0.1) is 0 Å². The number of aliphatic hydroxyl groups is 5. The van der Waals surface area contributed by atoms with E-state index < -0.39 is 49.0 Å². The zero-order valence-corrected chi connectivity index (χ0v) is 27.2. The lowest BCUT2D eigenvalue weighted by Crippen LogP contribution is -2.60. The van der Waals surface area contributed by atoms with Crippen molar-refractivity contribution < 1.29 is 49.3 Å². The highest BCUT2D eigenvalue weighted by Gasteiger charge is 2.66. The molecule has 0 unspecified atom stereocenters. The van der Waals surface area contributed by atoms with Crippen molar-refractivity contribution in [1.82, 2.24) is 0 Å². The molecule has 1 saturated carbocycles. The number of allylic oxidation sites excluding steroid dienone is 3. The van der Waals surface area contributed by atoms with Crippen molar-refractivity contribution >= 4 is 5.78 Å². The molecule has 15 atom stereocenters. The molecule has 10 heteroatoms. The average Bonchev–Trinajstić information content (AvgIpc) is 3.65. The zero-order chi connectivity index (χ0) is 32.2. The average molecular weight is 633 g/mol. The molecule has 0 amide bonds. The third-order valence-corrected chi connectivity index (χ3v) is 13.5. The summed E-state index contributed by atoms with van der Waals surface area (Å²) >= 11 is 0. The molecular weight excluding hydrogens is 580 g/mol. The Balaban J connectivity index is 1.09. The minimum Gasteiger partial charge on any atom is -0.394 e. The molecule has 4 fully saturated rings. The fourth-order valence-corrected chi connectivity index (χ4v) is 10.8. The monoisotopic (exact) mass is 632 g/mol. The number of hydrogen-bond donors (Lipinski definition) is 5. The minimum atomic E-state index is -1.56. The van der Waals surface area contributed by atoms with Crippen LogP contribution in [0.4, 0.5) is 0 Å². The van der Waals surface area contributed by atoms with Gasteiger partial charge in [0.05, 0.1) is 31.5 Å². The molecule has 3 saturated heterocycles. The number of carbonyl (C=O) groups excluding carboxylic acids is 1. The Kier molecular flexibility index (Phi) is 8.03. The summed E-state index contributed by atoms with van der Waals surface area (Å²) < 4.78 is 24.8. The summed E-state index contributed by atoms with van der Waals surface area (Å²) in [6.45, 7) is 10.0. The van der Waals surface area contributed by atoms with Crippen LogP contribution >= 0.6 is 0 Å². The lowest BCUT2D eigenvalue weighted by Gasteiger charge is -2.54. The van der Waals surface area contributed by atoms with Gasteiger partial charge in [-0.2, -0.15) is 0 Å². The van der Waals surface area contributed by atoms with Gasteiger partial charge in [0.2, 0.25) is 0 Å². The molecule has 0 aromatic rings. The van der Waals surface area contributed by atoms with Gasteiger partial charge in [0.15, 0.2) is 17.7 Å². The van der Waals surface area contributed by atoms with Crippen molar-refractivity contribution in [3.8, 4) is 0 Å². The van der Waals surface area contributed by atoms with Crippen LogP contribution < -0.4 is 0 Å². The predicted octanol–water partition coefficient (Wildman–Crippen LogP) is 2.18. The smallest absolute Gasteiger partial charge is 0.186 e. The van der Waals surface area contributed by atoms with Crippen LogP contribution in [0.3, 0.4) is 0 Å². The van der Waals surface area contributed by atoms with Crippen LogP contribution in [0.1, 0.15) is 79.6 Å². The Hall–Kier alpha value is -1.21. The van der Waals surface area contributed by atoms with E-state index in [9.17, 15) is 30.3 Å². The fourth-order valence-electron chi connectivity index (χ4n) is 10.8. The molecule has 0 spiro atoms. The first-order valence-electron chi connectivity index (χ1n) is 17.2. The van der Waals surface area contributed by atoms with Crippen LogP contribution in [-0.2, 0) is 23.7 Å². The summed E-state index contributed by atoms with van der Waals surface area (Å²) in [5.41, 5.74) is 2.94. The number of carbonyl (C=O) groups is 1. The Morgan fingerprint density at radius 2 is 1.82 bits per heavy atom. The van der Waals surface area contributed by atoms with Gasteiger partial charge in [0.1, 0.15) is 30.5 Å². The summed E-state index contributed by atoms with van der Waals surface area (Å²) in [7, 11) is 0. The van der Waals surface area contributed by atoms with Crippen LogP contribution in [0, 0.1) is 34.5 Å². The highest BCUT2D eigenvalue weighted by molar-refractivity contribution is 5.86. The lowest BCUT2D eigenvalue weighted by atomic mass is 9.51. The van der Waals surface area contributed by atoms with Crippen LogP contribution in [0.2, 0.25) is 0 Å². The second kappa shape index (κ2) is 11.2. The van der Waals surface area contributed by atoms with Gasteiger partial charge in [-0.1, -0.05) is 39.3 Å². The van der Waals surface area contributed by atoms with E-state index in [1.807, 2.05) is 13.8 Å². The molecule has 0 aromatic heterocycles. The van der Waals surface area contributed by atoms with Gasteiger partial charge in [0, 0.05) is 11.8 Å². The van der Waals surface area contributed by atoms with E-state index in [4.69, 9.17) is 18.9 Å². The quantitative estimate of drug-likeness (QED) is 0.294. The van der Waals surface area contributed by atoms with Crippen molar-refractivity contribution in [2.24, 2.45) is 34.5 Å². The van der Waals surface area contributed by atoms with Crippen LogP contribution in [0.5, 0.6) is 0 Å². The summed E-state index contributed by atoms with van der Waals surface area (Å²) in [6.07, 6.45) is 1.59. The van der Waals surface area contributed by atoms with E-state index in [0.29, 0.717) is 12.5 Å². The highest BCUT2D eigenvalue weighted by Crippen LogP contribution is 2.67. The van der Waals surface area contributed by atoms with E-state index in [-0.39, 0.29) is 52.7 Å². The molecular formula is C35H52O10. The van der Waals surface area contributed by atoms with Crippen LogP contribution in [0.25, 0.3) is 0 Å². The van der Waals surface area contributed by atoms with Crippen molar-refractivity contribution in [1.29, 1.82) is 0 Å². The Morgan fingerprint density at radius 1 is 1.07 bits per heavy atom. The Labute approximate surface area is 265 Å². The predicted molar refractivity (Wildman–Crippen MR) is 162 cm³/mol. The number of hydrogen-bond acceptors (Lipinski definition) is 10. The molecule has 10 nitrogen and oxygen atoms in total. The molecule has 4 aliphatic carbocycles. The Bertz CT molecular complexity index is 1260. The second-order valence-electron chi connectivity index (χ2n) is 15.9. The molecule has 3 aliphatic heterocycles. The van der Waals surface area contributed by atoms with Gasteiger partial charge in [0.25, 0.3) is 0 Å². The molecule has 0 radical (unpaired) electrons. The first-order chi connectivity index (χ1) is 21.2. The summed E-state index contributed by atoms with van der Waals surface area (Å²) in [5.74, 6) is 0.258. The number of ether oxygens (including phenoxy) is 4. The summed E-state index contributed by atoms with van der Waals surface area (Å²) in [6, 6.07) is 0. The van der Waals surface area contributed by atoms with Gasteiger partial charge >= 0.3 is 0 Å². The molecule has 7 rings (SSSR count). The third-order valence-electron chi connectivity index (χ3n) is 13.5. The first kappa shape index (κ1) is 32.3. The third kappa shape index (κ3) is 4.57. The molecule has 252 valence electrons. The summed E-state index contributed by atoms with van der Waals surface area (Å²) in [4.78, 5) is 12.7. The molecule has 45 heavy (non-hydrogen) atoms. The van der Waals surface area contributed by atoms with Crippen LogP contribution in [-0.4, -0.2) is 105 Å². The van der Waals surface area contributed by atoms with E-state index in [1.165, 1.54) is 18.1 Å². The maximum absolute atomic E-state index is 12.7. The Morgan fingerprint density at radius 3 is 2.51 bits per heavy atom. The molecule has 7 aliphatic rings. The van der Waals surface area contributed by atoms with Crippen molar-refractivity contribution in [3.63, 3.8) is 0 Å². The SMILES string of the molecule is CC(=O)[C@@](O)(C(C)C)[C@H]1OC[C@H]2[C@@H]1O[C@@H]1C=C3C4=C(CC[C@]3(C)[C@@H]21)[C@@]1(C)CC[C@H](O[C@@H]2O[C@H](CO)[C@@H](O)[C@H](O)[C@H]2O)C[C@@H]1CC4. The number of fused-ring (bicyclic) bond motifs is 8. The normalized spacial score (nSPS) is 50.3. The van der Waals surface area contributed by atoms with E-state index in [1.54, 1.807) is 5.57 Å². The summed E-state index contributed by atoms with van der Waals surface area (Å²) in [5, 5.41) is 52.0. The number of aliphatic hydroxyl groups excluding tert-OH is 4. The van der Waals surface area contributed by atoms with E-state index in [0.717, 1.165) is 44.9 Å². The van der Waals surface area contributed by atoms with Gasteiger partial charge < -0.3 is 44.5 Å². The second-order valence-corrected chi connectivity index (χ2v) is 15.9. The minimum absolute atomic E-state index is 0.0417. The maximum Gasteiger partial charge on any atom is 0.186 e. The maximum atomic E-state index is 12.7. The molecule has 0 aromatic carbocycles. The van der Waals surface area contributed by atoms with Crippen molar-refractivity contribution in [2.75, 3.05) is 13.2 Å². The molecule has 0 bridgehead atoms. The van der Waals surface area contributed by atoms with Crippen LogP contribution in [0.15, 0.2) is 22.8 Å². The number of ketones is 1. The first-order valence-corrected chi connectivity index (χ1v) is 17.2. The topological polar surface area (TPSA) is 155 Å². The number of rotatable bonds is 6. The fraction of sp³-hybridized carbons (Fsp3) is 0.857. The van der Waals surface area contributed by atoms with Crippen molar-refractivity contribution in [3.05, 3.63) is 22.8 Å². The lowest BCUT2D eigenvalue weighted by molar-refractivity contribution is -0.315. The molecule has 5 N–H and O–H groups in total. The van der Waals surface area contributed by atoms with Gasteiger partial charge in [-0.3, -0.25) is 4.79 Å². The van der Waals surface area contributed by atoms with E-state index >= 15 is 0 Å². The largest absolute Gasteiger partial charge is 0.394 e. The molecule has 3 heterocycles. The van der Waals surface area contributed by atoms with E-state index in [2.05, 4.69) is 19.9 Å². The number of Topliss-reactive ketones (excluding diaryl/α,β-unsaturated/α-hetero) is 1. The van der Waals surface area contributed by atoms with Crippen molar-refractivity contribution in [2.45, 2.75) is 140 Å². The standard InChI is InChI=1S/C35H52O10/c1-16(2)35(41,17(3)37)31-30-21(15-42-31)26-24(44-30)13-23-20-7-6-18-12-19(8-10-33(18,4)22(20)9-11-34(23,26)5)43-32-29(40)28(39)27(38)25(14-36)45-32/h13,16,18-19,21,24-32,36,38-41H,6-12,14-15H2,1-5H3/t18-,19-,21+,24+,25+,26-,27+,28-,29+,30-,31-,32+,33-,34-,35-/m0/s1. The zero-order valence-electron chi connectivity index (χ0n) is 27.2. The van der Waals surface area contributed by atoms with Gasteiger partial charge in [-0.05, 0) is 85.7 Å².